The standard InChI is InChI=1S/C19H21F3N2O4/c1-24(12-17(26-2)27-3)18(25)23-14-7-9-15(10-8-14)28-16-6-4-5-13(11-16)19(20,21)22/h4-11,17H,12H2,1-3H3,(H,23,25). The molecule has 0 bridgehead atoms. The monoisotopic (exact) mass is 398 g/mol. The van der Waals surface area contributed by atoms with Crippen molar-refractivity contribution >= 4 is 11.7 Å². The minimum absolute atomic E-state index is 0.0662. The Morgan fingerprint density at radius 1 is 1.07 bits per heavy atom. The van der Waals surface area contributed by atoms with Crippen molar-refractivity contribution in [2.75, 3.05) is 33.1 Å². The number of anilines is 1. The van der Waals surface area contributed by atoms with Crippen LogP contribution in [0.5, 0.6) is 11.5 Å². The minimum Gasteiger partial charge on any atom is -0.457 e. The zero-order valence-electron chi connectivity index (χ0n) is 15.6. The quantitative estimate of drug-likeness (QED) is 0.694. The van der Waals surface area contributed by atoms with E-state index >= 15 is 0 Å². The highest BCUT2D eigenvalue weighted by Gasteiger charge is 2.30. The van der Waals surface area contributed by atoms with Crippen LogP contribution in [0.4, 0.5) is 23.7 Å². The molecule has 0 fully saturated rings. The van der Waals surface area contributed by atoms with Crippen molar-refractivity contribution in [3.8, 4) is 11.5 Å². The van der Waals surface area contributed by atoms with Crippen LogP contribution in [0.15, 0.2) is 48.5 Å². The number of alkyl halides is 3. The van der Waals surface area contributed by atoms with E-state index in [0.717, 1.165) is 12.1 Å². The number of nitrogens with one attached hydrogen (secondary N) is 1. The second-order valence-corrected chi connectivity index (χ2v) is 5.86. The van der Waals surface area contributed by atoms with Gasteiger partial charge in [0.2, 0.25) is 0 Å². The van der Waals surface area contributed by atoms with Gasteiger partial charge in [-0.2, -0.15) is 13.2 Å². The Morgan fingerprint density at radius 2 is 1.71 bits per heavy atom. The van der Waals surface area contributed by atoms with Crippen LogP contribution in [0.25, 0.3) is 0 Å². The number of benzene rings is 2. The lowest BCUT2D eigenvalue weighted by Crippen LogP contribution is -2.38. The molecule has 0 saturated carbocycles. The number of likely N-dealkylation sites (N-methyl/N-ethyl adjacent to an activating group) is 1. The topological polar surface area (TPSA) is 60.0 Å². The minimum atomic E-state index is -4.44. The molecule has 6 nitrogen and oxygen atoms in total. The molecule has 2 aromatic carbocycles. The van der Waals surface area contributed by atoms with Gasteiger partial charge in [-0.3, -0.25) is 0 Å². The number of nitrogens with zero attached hydrogens (tertiary/aromatic N) is 1. The number of methoxy groups -OCH3 is 2. The number of hydrogen-bond donors (Lipinski definition) is 1. The molecular weight excluding hydrogens is 377 g/mol. The summed E-state index contributed by atoms with van der Waals surface area (Å²) in [5.41, 5.74) is -0.290. The molecule has 0 unspecified atom stereocenters. The van der Waals surface area contributed by atoms with E-state index in [4.69, 9.17) is 14.2 Å². The molecule has 2 rings (SSSR count). The fourth-order valence-corrected chi connectivity index (χ4v) is 2.25. The molecule has 2 aromatic rings. The summed E-state index contributed by atoms with van der Waals surface area (Å²) < 4.78 is 53.8. The first-order valence-corrected chi connectivity index (χ1v) is 8.26. The summed E-state index contributed by atoms with van der Waals surface area (Å²) in [5, 5.41) is 2.69. The normalized spacial score (nSPS) is 11.4. The zero-order valence-corrected chi connectivity index (χ0v) is 15.6. The predicted molar refractivity (Wildman–Crippen MR) is 97.4 cm³/mol. The molecule has 0 radical (unpaired) electrons. The van der Waals surface area contributed by atoms with Gasteiger partial charge in [0.25, 0.3) is 0 Å². The SMILES string of the molecule is COC(CN(C)C(=O)Nc1ccc(Oc2cccc(C(F)(F)F)c2)cc1)OC. The molecule has 0 saturated heterocycles. The largest absolute Gasteiger partial charge is 0.457 e. The number of halogens is 3. The summed E-state index contributed by atoms with van der Waals surface area (Å²) in [5.74, 6) is 0.404. The summed E-state index contributed by atoms with van der Waals surface area (Å²) in [7, 11) is 4.54. The Kier molecular flexibility index (Phi) is 7.24. The van der Waals surface area contributed by atoms with Crippen molar-refractivity contribution in [2.45, 2.75) is 12.5 Å². The third kappa shape index (κ3) is 6.14. The van der Waals surface area contributed by atoms with Crippen molar-refractivity contribution in [1.82, 2.24) is 4.90 Å². The van der Waals surface area contributed by atoms with Crippen molar-refractivity contribution in [3.05, 3.63) is 54.1 Å². The molecular formula is C19H21F3N2O4. The second kappa shape index (κ2) is 9.43. The van der Waals surface area contributed by atoms with E-state index in [-0.39, 0.29) is 18.3 Å². The molecule has 0 aliphatic heterocycles. The van der Waals surface area contributed by atoms with Gasteiger partial charge in [0.05, 0.1) is 12.1 Å². The number of rotatable bonds is 7. The molecule has 0 aromatic heterocycles. The van der Waals surface area contributed by atoms with Crippen LogP contribution < -0.4 is 10.1 Å². The molecule has 28 heavy (non-hydrogen) atoms. The zero-order chi connectivity index (χ0) is 20.7. The lowest BCUT2D eigenvalue weighted by atomic mass is 10.2. The fraction of sp³-hybridized carbons (Fsp3) is 0.316. The van der Waals surface area contributed by atoms with Gasteiger partial charge in [0.15, 0.2) is 6.29 Å². The first kappa shape index (κ1) is 21.5. The van der Waals surface area contributed by atoms with Crippen molar-refractivity contribution in [3.63, 3.8) is 0 Å². The van der Waals surface area contributed by atoms with Gasteiger partial charge in [-0.05, 0) is 42.5 Å². The smallest absolute Gasteiger partial charge is 0.416 e. The van der Waals surface area contributed by atoms with Crippen LogP contribution in [-0.2, 0) is 15.7 Å². The summed E-state index contributed by atoms with van der Waals surface area (Å²) in [6, 6.07) is 10.5. The van der Waals surface area contributed by atoms with E-state index in [0.29, 0.717) is 11.4 Å². The summed E-state index contributed by atoms with van der Waals surface area (Å²) in [4.78, 5) is 13.5. The molecule has 0 aliphatic rings. The Balaban J connectivity index is 1.97. The van der Waals surface area contributed by atoms with Crippen LogP contribution in [0.2, 0.25) is 0 Å². The van der Waals surface area contributed by atoms with Crippen LogP contribution >= 0.6 is 0 Å². The van der Waals surface area contributed by atoms with E-state index in [9.17, 15) is 18.0 Å². The lowest BCUT2D eigenvalue weighted by molar-refractivity contribution is -0.137. The molecule has 152 valence electrons. The average molecular weight is 398 g/mol. The molecule has 0 spiro atoms. The highest BCUT2D eigenvalue weighted by molar-refractivity contribution is 5.89. The van der Waals surface area contributed by atoms with Crippen LogP contribution in [0.3, 0.4) is 0 Å². The molecule has 0 atom stereocenters. The van der Waals surface area contributed by atoms with E-state index in [1.807, 2.05) is 0 Å². The first-order valence-electron chi connectivity index (χ1n) is 8.26. The predicted octanol–water partition coefficient (Wildman–Crippen LogP) is 4.58. The van der Waals surface area contributed by atoms with Crippen molar-refractivity contribution < 1.29 is 32.2 Å². The molecule has 0 aliphatic carbocycles. The van der Waals surface area contributed by atoms with Gasteiger partial charge in [-0.15, -0.1) is 0 Å². The summed E-state index contributed by atoms with van der Waals surface area (Å²) in [6.45, 7) is 0.232. The van der Waals surface area contributed by atoms with Gasteiger partial charge in [0, 0.05) is 27.0 Å². The summed E-state index contributed by atoms with van der Waals surface area (Å²) >= 11 is 0. The molecule has 0 heterocycles. The first-order chi connectivity index (χ1) is 13.2. The van der Waals surface area contributed by atoms with Crippen LogP contribution in [0.1, 0.15) is 5.56 Å². The maximum absolute atomic E-state index is 12.8. The number of carbonyl (C=O) groups excluding carboxylic acids is 1. The fourth-order valence-electron chi connectivity index (χ4n) is 2.25. The Morgan fingerprint density at radius 3 is 2.29 bits per heavy atom. The number of hydrogen-bond acceptors (Lipinski definition) is 4. The average Bonchev–Trinajstić information content (AvgIpc) is 2.67. The van der Waals surface area contributed by atoms with Crippen molar-refractivity contribution in [2.24, 2.45) is 0 Å². The van der Waals surface area contributed by atoms with Gasteiger partial charge in [-0.1, -0.05) is 6.07 Å². The molecule has 2 amide bonds. The lowest BCUT2D eigenvalue weighted by Gasteiger charge is -2.22. The maximum Gasteiger partial charge on any atom is 0.416 e. The summed E-state index contributed by atoms with van der Waals surface area (Å²) in [6.07, 6.45) is -4.98. The van der Waals surface area contributed by atoms with E-state index in [2.05, 4.69) is 5.32 Å². The molecule has 9 heteroatoms. The number of carbonyl (C=O) groups is 1. The Bertz CT molecular complexity index is 777. The third-order valence-electron chi connectivity index (χ3n) is 3.80. The van der Waals surface area contributed by atoms with Crippen LogP contribution in [0, 0.1) is 0 Å². The molecule has 1 N–H and O–H groups in total. The maximum atomic E-state index is 12.8. The van der Waals surface area contributed by atoms with Crippen molar-refractivity contribution in [1.29, 1.82) is 0 Å². The van der Waals surface area contributed by atoms with Crippen LogP contribution in [-0.4, -0.2) is 45.0 Å². The Labute approximate surface area is 160 Å². The van der Waals surface area contributed by atoms with Gasteiger partial charge < -0.3 is 24.4 Å². The van der Waals surface area contributed by atoms with Gasteiger partial charge in [-0.25, -0.2) is 4.79 Å². The Hall–Kier alpha value is -2.78. The highest BCUT2D eigenvalue weighted by Crippen LogP contribution is 2.32. The number of ether oxygens (including phenoxy) is 3. The van der Waals surface area contributed by atoms with Gasteiger partial charge in [0.1, 0.15) is 11.5 Å². The van der Waals surface area contributed by atoms with Gasteiger partial charge >= 0.3 is 12.2 Å². The van der Waals surface area contributed by atoms with E-state index in [1.165, 1.54) is 31.3 Å². The number of urea groups is 1. The van der Waals surface area contributed by atoms with E-state index in [1.54, 1.807) is 31.3 Å². The highest BCUT2D eigenvalue weighted by atomic mass is 19.4. The third-order valence-corrected chi connectivity index (χ3v) is 3.80. The van der Waals surface area contributed by atoms with E-state index < -0.39 is 18.0 Å². The second-order valence-electron chi connectivity index (χ2n) is 5.86. The number of amides is 2.